The highest BCUT2D eigenvalue weighted by molar-refractivity contribution is 5.65. The molecule has 1 aliphatic heterocycles. The number of nitrogens with zero attached hydrogens (tertiary/aromatic N) is 5. The molecule has 32 heavy (non-hydrogen) atoms. The van der Waals surface area contributed by atoms with Crippen LogP contribution in [0.2, 0.25) is 0 Å². The first-order chi connectivity index (χ1) is 15.6. The summed E-state index contributed by atoms with van der Waals surface area (Å²) in [4.78, 5) is 25.2. The van der Waals surface area contributed by atoms with E-state index in [1.807, 2.05) is 24.4 Å². The van der Waals surface area contributed by atoms with Crippen LogP contribution in [0.5, 0.6) is 0 Å². The molecule has 0 radical (unpaired) electrons. The fourth-order valence-corrected chi connectivity index (χ4v) is 5.19. The maximum Gasteiger partial charge on any atom is 0.404 e. The third-order valence-corrected chi connectivity index (χ3v) is 6.78. The van der Waals surface area contributed by atoms with Gasteiger partial charge in [0, 0.05) is 38.1 Å². The maximum absolute atomic E-state index is 10.9. The molecule has 0 aromatic carbocycles. The highest BCUT2D eigenvalue weighted by Gasteiger charge is 2.26. The smallest absolute Gasteiger partial charge is 0.404 e. The lowest BCUT2D eigenvalue weighted by Gasteiger charge is -2.33. The van der Waals surface area contributed by atoms with Gasteiger partial charge in [-0.05, 0) is 62.9 Å². The Labute approximate surface area is 187 Å². The molecule has 1 fully saturated rings. The summed E-state index contributed by atoms with van der Waals surface area (Å²) in [6, 6.07) is 10.8. The Hall–Kier alpha value is -3.13. The molecule has 1 atom stereocenters. The highest BCUT2D eigenvalue weighted by atomic mass is 16.4. The highest BCUT2D eigenvalue weighted by Crippen LogP contribution is 2.32. The summed E-state index contributed by atoms with van der Waals surface area (Å²) in [6.07, 6.45) is 8.15. The van der Waals surface area contributed by atoms with Gasteiger partial charge in [-0.1, -0.05) is 12.1 Å². The summed E-state index contributed by atoms with van der Waals surface area (Å²) in [6.45, 7) is 2.41. The number of carbonyl (C=O) groups is 1. The number of hydrogen-bond acceptors (Lipinski definition) is 5. The quantitative estimate of drug-likeness (QED) is 0.640. The summed E-state index contributed by atoms with van der Waals surface area (Å²) >= 11 is 0. The molecule has 3 aromatic rings. The fraction of sp³-hybridized carbons (Fsp3) is 0.458. The number of nitrogens with one attached hydrogen (secondary N) is 1. The van der Waals surface area contributed by atoms with Crippen LogP contribution in [0, 0.1) is 0 Å². The number of imidazole rings is 1. The van der Waals surface area contributed by atoms with Gasteiger partial charge in [0.2, 0.25) is 0 Å². The molecule has 8 nitrogen and oxygen atoms in total. The van der Waals surface area contributed by atoms with E-state index in [-0.39, 0.29) is 6.04 Å². The zero-order chi connectivity index (χ0) is 22.1. The molecule has 1 amide bonds. The van der Waals surface area contributed by atoms with Crippen LogP contribution < -0.4 is 10.2 Å². The van der Waals surface area contributed by atoms with Gasteiger partial charge in [0.15, 0.2) is 0 Å². The summed E-state index contributed by atoms with van der Waals surface area (Å²) in [5.41, 5.74) is 4.57. The lowest BCUT2D eigenvalue weighted by molar-refractivity contribution is 0.187. The van der Waals surface area contributed by atoms with E-state index in [9.17, 15) is 4.79 Å². The van der Waals surface area contributed by atoms with Crippen LogP contribution in [0.3, 0.4) is 0 Å². The number of aryl methyl sites for hydroxylation is 1. The van der Waals surface area contributed by atoms with Crippen molar-refractivity contribution in [3.63, 3.8) is 0 Å². The van der Waals surface area contributed by atoms with Crippen LogP contribution in [-0.2, 0) is 13.0 Å². The summed E-state index contributed by atoms with van der Waals surface area (Å²) < 4.78 is 2.17. The topological polar surface area (TPSA) is 86.0 Å². The van der Waals surface area contributed by atoms with Gasteiger partial charge in [-0.25, -0.2) is 9.78 Å². The van der Waals surface area contributed by atoms with Crippen LogP contribution in [0.4, 0.5) is 10.6 Å². The van der Waals surface area contributed by atoms with E-state index in [1.165, 1.54) is 17.7 Å². The second-order valence-electron chi connectivity index (χ2n) is 8.93. The summed E-state index contributed by atoms with van der Waals surface area (Å²) in [5, 5.41) is 11.6. The molecule has 0 saturated carbocycles. The number of anilines is 1. The Morgan fingerprint density at radius 2 is 2.06 bits per heavy atom. The molecule has 0 bridgehead atoms. The Kier molecular flexibility index (Phi) is 5.70. The minimum absolute atomic E-state index is 0.0296. The van der Waals surface area contributed by atoms with E-state index in [0.29, 0.717) is 6.04 Å². The number of amides is 1. The molecule has 1 saturated heterocycles. The molecule has 168 valence electrons. The number of rotatable bonds is 5. The normalized spacial score (nSPS) is 19.3. The fourth-order valence-electron chi connectivity index (χ4n) is 5.19. The van der Waals surface area contributed by atoms with Crippen molar-refractivity contribution in [2.24, 2.45) is 0 Å². The van der Waals surface area contributed by atoms with Crippen LogP contribution in [0.25, 0.3) is 5.65 Å². The number of piperidine rings is 1. The van der Waals surface area contributed by atoms with Crippen molar-refractivity contribution >= 4 is 17.6 Å². The van der Waals surface area contributed by atoms with Crippen molar-refractivity contribution in [1.29, 1.82) is 0 Å². The molecule has 0 spiro atoms. The molecular weight excluding hydrogens is 404 g/mol. The molecular formula is C24H30N6O2. The standard InChI is InChI=1S/C24H30N6O2/c1-28(20-7-2-5-17-6-4-12-25-23(17)20)15-19-16-30-21(26-19)8-3-9-22(30)29-13-10-18(11-14-29)27-24(31)32/h3-4,6,8-9,12,16,18,20,27H,2,5,7,10-11,13-15H2,1H3,(H,31,32). The van der Waals surface area contributed by atoms with Gasteiger partial charge in [-0.2, -0.15) is 0 Å². The zero-order valence-corrected chi connectivity index (χ0v) is 18.4. The van der Waals surface area contributed by atoms with Gasteiger partial charge < -0.3 is 15.3 Å². The van der Waals surface area contributed by atoms with Gasteiger partial charge in [-0.15, -0.1) is 0 Å². The predicted molar refractivity (Wildman–Crippen MR) is 123 cm³/mol. The third-order valence-electron chi connectivity index (χ3n) is 6.78. The molecule has 2 N–H and O–H groups in total. The third kappa shape index (κ3) is 4.14. The van der Waals surface area contributed by atoms with Gasteiger partial charge in [0.1, 0.15) is 11.5 Å². The monoisotopic (exact) mass is 434 g/mol. The SMILES string of the molecule is CN(Cc1cn2c(N3CCC(NC(=O)O)CC3)cccc2n1)C1CCCc2cccnc21. The molecule has 2 aliphatic rings. The van der Waals surface area contributed by atoms with Crippen molar-refractivity contribution in [3.05, 3.63) is 59.7 Å². The van der Waals surface area contributed by atoms with E-state index >= 15 is 0 Å². The van der Waals surface area contributed by atoms with Gasteiger partial charge in [-0.3, -0.25) is 14.3 Å². The first kappa shape index (κ1) is 20.8. The van der Waals surface area contributed by atoms with Crippen LogP contribution in [-0.4, -0.2) is 56.6 Å². The van der Waals surface area contributed by atoms with Crippen molar-refractivity contribution in [2.75, 3.05) is 25.0 Å². The van der Waals surface area contributed by atoms with E-state index in [1.54, 1.807) is 0 Å². The molecule has 3 aromatic heterocycles. The van der Waals surface area contributed by atoms with Crippen molar-refractivity contribution in [3.8, 4) is 0 Å². The molecule has 5 rings (SSSR count). The Bertz CT molecular complexity index is 1100. The van der Waals surface area contributed by atoms with E-state index in [4.69, 9.17) is 10.1 Å². The number of fused-ring (bicyclic) bond motifs is 2. The van der Waals surface area contributed by atoms with Crippen molar-refractivity contribution in [2.45, 2.75) is 50.7 Å². The zero-order valence-electron chi connectivity index (χ0n) is 18.4. The van der Waals surface area contributed by atoms with Crippen molar-refractivity contribution in [1.82, 2.24) is 24.6 Å². The number of carboxylic acid groups (broad SMARTS) is 1. The second kappa shape index (κ2) is 8.78. The number of aromatic nitrogens is 3. The minimum Gasteiger partial charge on any atom is -0.465 e. The first-order valence-electron chi connectivity index (χ1n) is 11.4. The first-order valence-corrected chi connectivity index (χ1v) is 11.4. The van der Waals surface area contributed by atoms with Gasteiger partial charge in [0.25, 0.3) is 0 Å². The van der Waals surface area contributed by atoms with E-state index in [0.717, 1.165) is 62.5 Å². The van der Waals surface area contributed by atoms with Crippen LogP contribution >= 0.6 is 0 Å². The Morgan fingerprint density at radius 3 is 2.88 bits per heavy atom. The van der Waals surface area contributed by atoms with Crippen molar-refractivity contribution < 1.29 is 9.90 Å². The van der Waals surface area contributed by atoms with Crippen LogP contribution in [0.1, 0.15) is 48.7 Å². The van der Waals surface area contributed by atoms with Gasteiger partial charge >= 0.3 is 6.09 Å². The lowest BCUT2D eigenvalue weighted by atomic mass is 9.91. The average Bonchev–Trinajstić information content (AvgIpc) is 3.21. The largest absolute Gasteiger partial charge is 0.465 e. The minimum atomic E-state index is -0.940. The van der Waals surface area contributed by atoms with Gasteiger partial charge in [0.05, 0.1) is 17.4 Å². The Morgan fingerprint density at radius 1 is 1.22 bits per heavy atom. The maximum atomic E-state index is 10.9. The second-order valence-corrected chi connectivity index (χ2v) is 8.93. The van der Waals surface area contributed by atoms with E-state index in [2.05, 4.69) is 49.9 Å². The van der Waals surface area contributed by atoms with E-state index < -0.39 is 6.09 Å². The number of pyridine rings is 2. The lowest BCUT2D eigenvalue weighted by Crippen LogP contribution is -2.44. The molecule has 8 heteroatoms. The molecule has 1 unspecified atom stereocenters. The van der Waals surface area contributed by atoms with Crippen LogP contribution in [0.15, 0.2) is 42.7 Å². The predicted octanol–water partition coefficient (Wildman–Crippen LogP) is 3.48. The Balaban J connectivity index is 1.32. The number of hydrogen-bond donors (Lipinski definition) is 2. The molecule has 1 aliphatic carbocycles. The molecule has 4 heterocycles. The average molecular weight is 435 g/mol. The summed E-state index contributed by atoms with van der Waals surface area (Å²) in [7, 11) is 2.17. The summed E-state index contributed by atoms with van der Waals surface area (Å²) in [5.74, 6) is 1.11.